The first-order valence-electron chi connectivity index (χ1n) is 7.06. The molecule has 24 heavy (non-hydrogen) atoms. The molecule has 0 radical (unpaired) electrons. The molecule has 1 aromatic carbocycles. The number of nitrogens with one attached hydrogen (secondary N) is 1. The summed E-state index contributed by atoms with van der Waals surface area (Å²) in [5.41, 5.74) is 11.8. The van der Waals surface area contributed by atoms with Crippen LogP contribution in [0, 0.1) is 0 Å². The second kappa shape index (κ2) is 8.25. The molecule has 0 atom stereocenters. The van der Waals surface area contributed by atoms with Gasteiger partial charge in [-0.2, -0.15) is 0 Å². The van der Waals surface area contributed by atoms with Crippen LogP contribution in [0.1, 0.15) is 6.42 Å². The molecule has 5 N–H and O–H groups in total. The van der Waals surface area contributed by atoms with Crippen molar-refractivity contribution in [3.63, 3.8) is 0 Å². The molecule has 0 unspecified atom stereocenters. The fraction of sp³-hybridized carbons (Fsp3) is 0.267. The maximum atomic E-state index is 12.1. The number of thioether (sulfide) groups is 1. The van der Waals surface area contributed by atoms with Crippen molar-refractivity contribution in [1.29, 1.82) is 0 Å². The number of nitrogens with zero attached hydrogens (tertiary/aromatic N) is 2. The molecule has 128 valence electrons. The summed E-state index contributed by atoms with van der Waals surface area (Å²) in [5.74, 6) is 2.12. The van der Waals surface area contributed by atoms with E-state index < -0.39 is 0 Å². The Bertz CT molecular complexity index is 706. The predicted molar refractivity (Wildman–Crippen MR) is 94.4 cm³/mol. The lowest BCUT2D eigenvalue weighted by molar-refractivity contribution is -0.115. The fourth-order valence-electron chi connectivity index (χ4n) is 1.89. The number of nitrogen functional groups attached to an aromatic ring is 2. The molecule has 9 heteroatoms. The molecule has 2 rings (SSSR count). The quantitative estimate of drug-likeness (QED) is 0.510. The first kappa shape index (κ1) is 17.7. The molecule has 0 bridgehead atoms. The number of benzene rings is 1. The Balaban J connectivity index is 1.91. The van der Waals surface area contributed by atoms with Crippen molar-refractivity contribution in [3.05, 3.63) is 24.3 Å². The number of carbonyl (C=O) groups excluding carboxylic acids is 1. The molecule has 2 aromatic rings. The molecule has 0 aliphatic rings. The maximum absolute atomic E-state index is 12.1. The van der Waals surface area contributed by atoms with E-state index in [0.717, 1.165) is 0 Å². The Morgan fingerprint density at radius 2 is 1.88 bits per heavy atom. The Hall–Kier alpha value is -2.68. The Morgan fingerprint density at radius 3 is 2.50 bits per heavy atom. The van der Waals surface area contributed by atoms with E-state index in [1.54, 1.807) is 25.3 Å². The Morgan fingerprint density at radius 1 is 1.17 bits per heavy atom. The third kappa shape index (κ3) is 4.92. The predicted octanol–water partition coefficient (Wildman–Crippen LogP) is 1.78. The maximum Gasteiger partial charge on any atom is 0.225 e. The molecule has 0 saturated carbocycles. The van der Waals surface area contributed by atoms with Crippen LogP contribution in [0.5, 0.6) is 11.5 Å². The zero-order valence-electron chi connectivity index (χ0n) is 13.4. The number of aromatic nitrogens is 2. The SMILES string of the molecule is COc1ccc(OC)c(NC(=O)CCSc2nc(N)cc(N)n2)c1. The van der Waals surface area contributed by atoms with Gasteiger partial charge in [0.1, 0.15) is 23.1 Å². The van der Waals surface area contributed by atoms with E-state index in [2.05, 4.69) is 15.3 Å². The molecular weight excluding hydrogens is 330 g/mol. The highest BCUT2D eigenvalue weighted by Crippen LogP contribution is 2.29. The molecule has 0 aliphatic heterocycles. The number of ether oxygens (including phenoxy) is 2. The number of hydrogen-bond donors (Lipinski definition) is 3. The molecule has 1 heterocycles. The minimum absolute atomic E-state index is 0.161. The monoisotopic (exact) mass is 349 g/mol. The molecule has 0 fully saturated rings. The minimum Gasteiger partial charge on any atom is -0.497 e. The van der Waals surface area contributed by atoms with E-state index in [9.17, 15) is 4.79 Å². The molecule has 0 spiro atoms. The molecule has 8 nitrogen and oxygen atoms in total. The average Bonchev–Trinajstić information content (AvgIpc) is 2.53. The molecule has 1 amide bonds. The fourth-order valence-corrected chi connectivity index (χ4v) is 2.70. The second-order valence-corrected chi connectivity index (χ2v) is 5.78. The van der Waals surface area contributed by atoms with Gasteiger partial charge in [0.2, 0.25) is 5.91 Å². The van der Waals surface area contributed by atoms with Gasteiger partial charge in [-0.25, -0.2) is 9.97 Å². The smallest absolute Gasteiger partial charge is 0.225 e. The highest BCUT2D eigenvalue weighted by Gasteiger charge is 2.10. The van der Waals surface area contributed by atoms with Gasteiger partial charge in [0, 0.05) is 24.3 Å². The third-order valence-electron chi connectivity index (χ3n) is 2.99. The molecular formula is C15H19N5O3S. The summed E-state index contributed by atoms with van der Waals surface area (Å²) >= 11 is 1.31. The molecule has 1 aromatic heterocycles. The highest BCUT2D eigenvalue weighted by atomic mass is 32.2. The Labute approximate surface area is 143 Å². The summed E-state index contributed by atoms with van der Waals surface area (Å²) in [6.07, 6.45) is 0.267. The summed E-state index contributed by atoms with van der Waals surface area (Å²) in [4.78, 5) is 20.2. The van der Waals surface area contributed by atoms with Gasteiger partial charge in [-0.1, -0.05) is 11.8 Å². The second-order valence-electron chi connectivity index (χ2n) is 4.71. The third-order valence-corrected chi connectivity index (χ3v) is 3.84. The number of hydrogen-bond acceptors (Lipinski definition) is 8. The summed E-state index contributed by atoms with van der Waals surface area (Å²) in [6, 6.07) is 6.66. The van der Waals surface area contributed by atoms with Crippen molar-refractivity contribution in [2.24, 2.45) is 0 Å². The summed E-state index contributed by atoms with van der Waals surface area (Å²) < 4.78 is 10.4. The van der Waals surface area contributed by atoms with Crippen LogP contribution in [-0.2, 0) is 4.79 Å². The summed E-state index contributed by atoms with van der Waals surface area (Å²) in [6.45, 7) is 0. The van der Waals surface area contributed by atoms with Crippen molar-refractivity contribution in [2.45, 2.75) is 11.6 Å². The first-order valence-corrected chi connectivity index (χ1v) is 8.05. The van der Waals surface area contributed by atoms with Crippen LogP contribution in [0.4, 0.5) is 17.3 Å². The van der Waals surface area contributed by atoms with Crippen molar-refractivity contribution >= 4 is 35.0 Å². The van der Waals surface area contributed by atoms with Crippen molar-refractivity contribution in [3.8, 4) is 11.5 Å². The van der Waals surface area contributed by atoms with E-state index in [0.29, 0.717) is 39.7 Å². The minimum atomic E-state index is -0.161. The van der Waals surface area contributed by atoms with Crippen LogP contribution in [0.3, 0.4) is 0 Å². The van der Waals surface area contributed by atoms with Gasteiger partial charge in [0.25, 0.3) is 0 Å². The largest absolute Gasteiger partial charge is 0.497 e. The molecule has 0 aliphatic carbocycles. The topological polar surface area (TPSA) is 125 Å². The van der Waals surface area contributed by atoms with Gasteiger partial charge in [-0.15, -0.1) is 0 Å². The van der Waals surface area contributed by atoms with Crippen molar-refractivity contribution in [2.75, 3.05) is 36.8 Å². The van der Waals surface area contributed by atoms with Crippen LogP contribution < -0.4 is 26.3 Å². The number of rotatable bonds is 7. The van der Waals surface area contributed by atoms with Gasteiger partial charge < -0.3 is 26.3 Å². The van der Waals surface area contributed by atoms with E-state index in [1.807, 2.05) is 0 Å². The van der Waals surface area contributed by atoms with Crippen LogP contribution in [-0.4, -0.2) is 35.8 Å². The Kier molecular flexibility index (Phi) is 6.07. The number of anilines is 3. The lowest BCUT2D eigenvalue weighted by atomic mass is 10.2. The standard InChI is InChI=1S/C15H19N5O3S/c1-22-9-3-4-11(23-2)10(7-9)18-14(21)5-6-24-15-19-12(16)8-13(17)20-15/h3-4,7-8H,5-6H2,1-2H3,(H,18,21)(H4,16,17,19,20). The van der Waals surface area contributed by atoms with Crippen LogP contribution in [0.15, 0.2) is 29.4 Å². The number of carbonyl (C=O) groups is 1. The zero-order valence-corrected chi connectivity index (χ0v) is 14.2. The normalized spacial score (nSPS) is 10.2. The van der Waals surface area contributed by atoms with E-state index >= 15 is 0 Å². The lowest BCUT2D eigenvalue weighted by Gasteiger charge is -2.11. The lowest BCUT2D eigenvalue weighted by Crippen LogP contribution is -2.13. The van der Waals surface area contributed by atoms with Crippen LogP contribution in [0.25, 0.3) is 0 Å². The van der Waals surface area contributed by atoms with Gasteiger partial charge >= 0.3 is 0 Å². The van der Waals surface area contributed by atoms with E-state index in [1.165, 1.54) is 24.9 Å². The van der Waals surface area contributed by atoms with E-state index in [-0.39, 0.29) is 12.3 Å². The van der Waals surface area contributed by atoms with Gasteiger partial charge in [-0.3, -0.25) is 4.79 Å². The number of amides is 1. The van der Waals surface area contributed by atoms with Crippen molar-refractivity contribution in [1.82, 2.24) is 9.97 Å². The van der Waals surface area contributed by atoms with Crippen LogP contribution in [0.2, 0.25) is 0 Å². The van der Waals surface area contributed by atoms with Gasteiger partial charge in [0.05, 0.1) is 19.9 Å². The van der Waals surface area contributed by atoms with Gasteiger partial charge in [-0.05, 0) is 12.1 Å². The number of methoxy groups -OCH3 is 2. The zero-order chi connectivity index (χ0) is 17.5. The summed E-state index contributed by atoms with van der Waals surface area (Å²) in [5, 5.41) is 3.24. The van der Waals surface area contributed by atoms with Crippen molar-refractivity contribution < 1.29 is 14.3 Å². The van der Waals surface area contributed by atoms with Gasteiger partial charge in [0.15, 0.2) is 5.16 Å². The highest BCUT2D eigenvalue weighted by molar-refractivity contribution is 7.99. The number of nitrogens with two attached hydrogens (primary N) is 2. The van der Waals surface area contributed by atoms with E-state index in [4.69, 9.17) is 20.9 Å². The molecule has 0 saturated heterocycles. The average molecular weight is 349 g/mol. The van der Waals surface area contributed by atoms with Crippen LogP contribution >= 0.6 is 11.8 Å². The summed E-state index contributed by atoms with van der Waals surface area (Å²) in [7, 11) is 3.09. The first-order chi connectivity index (χ1) is 11.5.